The van der Waals surface area contributed by atoms with Crippen LogP contribution in [0.4, 0.5) is 28.9 Å². The second-order valence-corrected chi connectivity index (χ2v) is 14.1. The van der Waals surface area contributed by atoms with Gasteiger partial charge in [0.05, 0.1) is 19.7 Å². The first kappa shape index (κ1) is 41.2. The molecule has 0 spiro atoms. The van der Waals surface area contributed by atoms with Gasteiger partial charge in [-0.3, -0.25) is 14.4 Å². The van der Waals surface area contributed by atoms with Crippen LogP contribution in [-0.2, 0) is 6.61 Å². The summed E-state index contributed by atoms with van der Waals surface area (Å²) in [6.07, 6.45) is 4.46. The van der Waals surface area contributed by atoms with Crippen LogP contribution in [0.2, 0.25) is 0 Å². The molecule has 0 amide bonds. The topological polar surface area (TPSA) is 122 Å². The lowest BCUT2D eigenvalue weighted by Crippen LogP contribution is -2.26. The summed E-state index contributed by atoms with van der Waals surface area (Å²) in [5.74, 6) is -2.46. The molecule has 6 aromatic rings. The Labute approximate surface area is 342 Å². The van der Waals surface area contributed by atoms with Gasteiger partial charge in [-0.05, 0) is 109 Å². The third kappa shape index (κ3) is 9.67. The lowest BCUT2D eigenvalue weighted by atomic mass is 10.00. The minimum Gasteiger partial charge on any atom is -0.470 e. The van der Waals surface area contributed by atoms with Crippen LogP contribution < -0.4 is 19.3 Å². The predicted molar refractivity (Wildman–Crippen MR) is 215 cm³/mol. The molecule has 2 fully saturated rings. The van der Waals surface area contributed by atoms with Crippen molar-refractivity contribution < 1.29 is 46.5 Å². The number of ketones is 2. The number of aliphatic hydroxyl groups excluding tert-OH is 1. The average Bonchev–Trinajstić information content (AvgIpc) is 3.95. The van der Waals surface area contributed by atoms with Gasteiger partial charge in [0, 0.05) is 83.1 Å². The highest BCUT2D eigenvalue weighted by Crippen LogP contribution is 2.30. The van der Waals surface area contributed by atoms with E-state index in [1.165, 1.54) is 91.3 Å². The van der Waals surface area contributed by atoms with E-state index in [9.17, 15) is 37.1 Å². The quantitative estimate of drug-likeness (QED) is 0.0744. The number of rotatable bonds is 12. The molecule has 2 aliphatic rings. The lowest BCUT2D eigenvalue weighted by Gasteiger charge is -2.22. The fourth-order valence-corrected chi connectivity index (χ4v) is 7.09. The van der Waals surface area contributed by atoms with Crippen LogP contribution in [0.15, 0.2) is 122 Å². The number of aliphatic hydroxyl groups is 1. The van der Waals surface area contributed by atoms with Crippen molar-refractivity contribution >= 4 is 29.2 Å². The zero-order valence-corrected chi connectivity index (χ0v) is 32.0. The van der Waals surface area contributed by atoms with Gasteiger partial charge >= 0.3 is 0 Å². The van der Waals surface area contributed by atoms with E-state index in [1.54, 1.807) is 30.3 Å². The van der Waals surface area contributed by atoms with Gasteiger partial charge < -0.3 is 24.4 Å². The molecular weight excluding hydrogens is 781 g/mol. The largest absolute Gasteiger partial charge is 0.470 e. The van der Waals surface area contributed by atoms with Crippen molar-refractivity contribution in [1.82, 2.24) is 9.97 Å². The minimum atomic E-state index is -0.520. The van der Waals surface area contributed by atoms with E-state index >= 15 is 0 Å². The summed E-state index contributed by atoms with van der Waals surface area (Å²) in [6, 6.07) is 26.2. The summed E-state index contributed by atoms with van der Waals surface area (Å²) < 4.78 is 65.1. The molecule has 0 radical (unpaired) electrons. The van der Waals surface area contributed by atoms with Crippen LogP contribution in [0.3, 0.4) is 0 Å². The Bertz CT molecular complexity index is 2490. The molecule has 0 aliphatic carbocycles. The summed E-state index contributed by atoms with van der Waals surface area (Å²) in [7, 11) is 0. The number of carbonyl (C=O) groups is 3. The van der Waals surface area contributed by atoms with E-state index in [4.69, 9.17) is 9.47 Å². The molecule has 306 valence electrons. The summed E-state index contributed by atoms with van der Waals surface area (Å²) in [4.78, 5) is 48.8. The van der Waals surface area contributed by atoms with Crippen molar-refractivity contribution in [2.75, 3.05) is 36.0 Å². The number of hydrogen-bond acceptors (Lipinski definition) is 10. The number of pyridine rings is 2. The first-order valence-corrected chi connectivity index (χ1v) is 19.1. The molecule has 2 atom stereocenters. The smallest absolute Gasteiger partial charge is 0.250 e. The number of nitrogens with zero attached hydrogens (tertiary/aromatic N) is 4. The van der Waals surface area contributed by atoms with Crippen molar-refractivity contribution in [3.63, 3.8) is 0 Å². The van der Waals surface area contributed by atoms with E-state index in [0.29, 0.717) is 84.4 Å². The Morgan fingerprint density at radius 2 is 1.08 bits per heavy atom. The van der Waals surface area contributed by atoms with Gasteiger partial charge in [-0.2, -0.15) is 0 Å². The molecule has 2 aliphatic heterocycles. The molecule has 8 rings (SSSR count). The average molecular weight is 819 g/mol. The molecule has 0 bridgehead atoms. The first-order valence-electron chi connectivity index (χ1n) is 19.1. The number of benzene rings is 4. The fourth-order valence-electron chi connectivity index (χ4n) is 7.09. The fraction of sp³-hybridized carbons (Fsp3) is 0.196. The highest BCUT2D eigenvalue weighted by molar-refractivity contribution is 6.10. The molecule has 0 unspecified atom stereocenters. The molecule has 1 N–H and O–H groups in total. The molecule has 2 aromatic heterocycles. The van der Waals surface area contributed by atoms with Crippen LogP contribution in [0.5, 0.6) is 11.8 Å². The Hall–Kier alpha value is -6.93. The van der Waals surface area contributed by atoms with Crippen molar-refractivity contribution in [2.45, 2.75) is 31.7 Å². The Morgan fingerprint density at radius 3 is 1.55 bits per heavy atom. The zero-order valence-electron chi connectivity index (χ0n) is 32.0. The SMILES string of the molecule is O=C(c1ccc(F)cc1)c1ccc(N2CC[C@H](Oc3ncccc3F)C2)c(CO)c1.O=Cc1cc(C(=O)c2ccc(F)cc2)ccc1N1CC[C@H](Oc2ncccc2F)C1. The molecule has 4 aromatic carbocycles. The Balaban J connectivity index is 0.000000181. The monoisotopic (exact) mass is 818 g/mol. The normalized spacial score (nSPS) is 15.9. The van der Waals surface area contributed by atoms with E-state index in [0.717, 1.165) is 5.69 Å². The molecule has 0 saturated carbocycles. The summed E-state index contributed by atoms with van der Waals surface area (Å²) in [6.45, 7) is 2.01. The second kappa shape index (κ2) is 18.8. The number of aldehydes is 1. The molecular formula is C46H38F4N4O6. The Morgan fingerprint density at radius 1 is 0.633 bits per heavy atom. The number of anilines is 2. The predicted octanol–water partition coefficient (Wildman–Crippen LogP) is 7.80. The van der Waals surface area contributed by atoms with Gasteiger partial charge in [0.25, 0.3) is 11.8 Å². The highest BCUT2D eigenvalue weighted by Gasteiger charge is 2.29. The third-order valence-electron chi connectivity index (χ3n) is 10.1. The minimum absolute atomic E-state index is 0.0213. The van der Waals surface area contributed by atoms with Crippen LogP contribution in [0.25, 0.3) is 0 Å². The number of halogens is 4. The summed E-state index contributed by atoms with van der Waals surface area (Å²) in [5, 5.41) is 9.85. The standard InChI is InChI=1S/C23H20F2N2O3.C23H18F2N2O3/c2*24-18-6-3-15(4-7-18)22(29)16-5-8-21(17(12-16)14-28)27-11-9-19(13-27)30-23-20(25)2-1-10-26-23/h1-8,10,12,19,28H,9,11,13-14H2;1-8,10,12,14,19H,9,11,13H2/t2*19-/m00/s1. The number of carbonyl (C=O) groups excluding carboxylic acids is 3. The van der Waals surface area contributed by atoms with Gasteiger partial charge in [0.15, 0.2) is 29.5 Å². The highest BCUT2D eigenvalue weighted by atomic mass is 19.1. The summed E-state index contributed by atoms with van der Waals surface area (Å²) >= 11 is 0. The number of hydrogen-bond donors (Lipinski definition) is 1. The molecule has 10 nitrogen and oxygen atoms in total. The van der Waals surface area contributed by atoms with E-state index in [2.05, 4.69) is 9.97 Å². The maximum absolute atomic E-state index is 13.8. The third-order valence-corrected chi connectivity index (χ3v) is 10.1. The van der Waals surface area contributed by atoms with Crippen LogP contribution in [0.1, 0.15) is 60.6 Å². The zero-order chi connectivity index (χ0) is 42.2. The van der Waals surface area contributed by atoms with Crippen molar-refractivity contribution in [2.24, 2.45) is 0 Å². The van der Waals surface area contributed by atoms with Gasteiger partial charge in [0.1, 0.15) is 23.8 Å². The van der Waals surface area contributed by atoms with Crippen LogP contribution in [0, 0.1) is 23.3 Å². The van der Waals surface area contributed by atoms with Crippen molar-refractivity contribution in [3.05, 3.63) is 178 Å². The molecule has 4 heterocycles. The van der Waals surface area contributed by atoms with E-state index < -0.39 is 23.3 Å². The van der Waals surface area contributed by atoms with E-state index in [1.807, 2.05) is 9.80 Å². The number of aromatic nitrogens is 2. The molecule has 14 heteroatoms. The van der Waals surface area contributed by atoms with Crippen molar-refractivity contribution in [1.29, 1.82) is 0 Å². The van der Waals surface area contributed by atoms with Crippen molar-refractivity contribution in [3.8, 4) is 11.8 Å². The molecule has 2 saturated heterocycles. The second-order valence-electron chi connectivity index (χ2n) is 14.1. The van der Waals surface area contributed by atoms with Gasteiger partial charge in [-0.15, -0.1) is 0 Å². The first-order chi connectivity index (χ1) is 29.1. The van der Waals surface area contributed by atoms with Crippen LogP contribution in [-0.4, -0.2) is 71.3 Å². The van der Waals surface area contributed by atoms with Gasteiger partial charge in [0.2, 0.25) is 0 Å². The number of ether oxygens (including phenoxy) is 2. The van der Waals surface area contributed by atoms with Crippen LogP contribution >= 0.6 is 0 Å². The molecule has 60 heavy (non-hydrogen) atoms. The van der Waals surface area contributed by atoms with Gasteiger partial charge in [-0.1, -0.05) is 0 Å². The maximum atomic E-state index is 13.8. The maximum Gasteiger partial charge on any atom is 0.250 e. The summed E-state index contributed by atoms with van der Waals surface area (Å²) in [5.41, 5.74) is 3.91. The Kier molecular flexibility index (Phi) is 12.9. The van der Waals surface area contributed by atoms with Gasteiger partial charge in [-0.25, -0.2) is 27.5 Å². The van der Waals surface area contributed by atoms with E-state index in [-0.39, 0.29) is 42.1 Å². The lowest BCUT2D eigenvalue weighted by molar-refractivity contribution is 0.103.